The molecule has 2 N–H and O–H groups in total. The maximum absolute atomic E-state index is 5.65. The highest BCUT2D eigenvalue weighted by Gasteiger charge is 2.31. The topological polar surface area (TPSA) is 72.9 Å². The molecule has 2 aromatic rings. The van der Waals surface area contributed by atoms with E-state index in [0.29, 0.717) is 12.6 Å². The zero-order valence-corrected chi connectivity index (χ0v) is 12.7. The highest BCUT2D eigenvalue weighted by molar-refractivity contribution is 5.43. The van der Waals surface area contributed by atoms with Crippen LogP contribution in [0.5, 0.6) is 0 Å². The first-order valence-electron chi connectivity index (χ1n) is 7.45. The molecule has 0 spiro atoms. The van der Waals surface area contributed by atoms with Gasteiger partial charge in [-0.1, -0.05) is 0 Å². The molecule has 0 bridgehead atoms. The average molecular weight is 286 g/mol. The van der Waals surface area contributed by atoms with Gasteiger partial charge in [-0.15, -0.1) is 0 Å². The summed E-state index contributed by atoms with van der Waals surface area (Å²) in [5.74, 6) is 2.86. The third kappa shape index (κ3) is 3.21. The summed E-state index contributed by atoms with van der Waals surface area (Å²) in [5.41, 5.74) is 6.67. The summed E-state index contributed by atoms with van der Waals surface area (Å²) in [7, 11) is 2.03. The van der Waals surface area contributed by atoms with Crippen LogP contribution in [0.2, 0.25) is 0 Å². The SMILES string of the molecule is Cc1nc(CCN)cc(N(Cc2nccn2C)C2CC2)n1. The molecule has 21 heavy (non-hydrogen) atoms. The number of aryl methyl sites for hydroxylation is 2. The average Bonchev–Trinajstić information content (AvgIpc) is 3.20. The third-order valence-electron chi connectivity index (χ3n) is 3.79. The van der Waals surface area contributed by atoms with E-state index in [0.717, 1.165) is 36.1 Å². The lowest BCUT2D eigenvalue weighted by Crippen LogP contribution is -2.28. The van der Waals surface area contributed by atoms with E-state index in [2.05, 4.69) is 30.5 Å². The Bertz CT molecular complexity index is 616. The fourth-order valence-corrected chi connectivity index (χ4v) is 2.52. The van der Waals surface area contributed by atoms with E-state index in [1.54, 1.807) is 0 Å². The number of nitrogens with two attached hydrogens (primary N) is 1. The summed E-state index contributed by atoms with van der Waals surface area (Å²) in [4.78, 5) is 15.9. The van der Waals surface area contributed by atoms with Gasteiger partial charge in [-0.05, 0) is 26.3 Å². The fourth-order valence-electron chi connectivity index (χ4n) is 2.52. The first-order valence-corrected chi connectivity index (χ1v) is 7.45. The Morgan fingerprint density at radius 2 is 2.19 bits per heavy atom. The minimum atomic E-state index is 0.571. The molecule has 6 heteroatoms. The first kappa shape index (κ1) is 14.0. The predicted octanol–water partition coefficient (Wildman–Crippen LogP) is 1.19. The summed E-state index contributed by atoms with van der Waals surface area (Å²) in [6, 6.07) is 2.64. The van der Waals surface area contributed by atoms with Crippen molar-refractivity contribution in [2.75, 3.05) is 11.4 Å². The first-order chi connectivity index (χ1) is 10.2. The van der Waals surface area contributed by atoms with Crippen LogP contribution in [0.25, 0.3) is 0 Å². The molecule has 0 unspecified atom stereocenters. The second-order valence-corrected chi connectivity index (χ2v) is 5.62. The molecule has 3 rings (SSSR count). The Labute approximate surface area is 125 Å². The molecule has 6 nitrogen and oxygen atoms in total. The van der Waals surface area contributed by atoms with Gasteiger partial charge in [-0.2, -0.15) is 0 Å². The molecule has 0 amide bonds. The molecule has 1 saturated carbocycles. The maximum Gasteiger partial charge on any atom is 0.133 e. The van der Waals surface area contributed by atoms with Crippen molar-refractivity contribution in [3.05, 3.63) is 35.8 Å². The Morgan fingerprint density at radius 1 is 1.38 bits per heavy atom. The van der Waals surface area contributed by atoms with E-state index in [9.17, 15) is 0 Å². The van der Waals surface area contributed by atoms with Gasteiger partial charge in [0.05, 0.1) is 6.54 Å². The van der Waals surface area contributed by atoms with E-state index < -0.39 is 0 Å². The standard InChI is InChI=1S/C15H22N6/c1-11-18-12(5-6-16)9-14(19-11)21(13-3-4-13)10-15-17-7-8-20(15)2/h7-9,13H,3-6,10,16H2,1-2H3. The van der Waals surface area contributed by atoms with Crippen LogP contribution in [0, 0.1) is 6.92 Å². The van der Waals surface area contributed by atoms with Gasteiger partial charge in [0, 0.05) is 43.7 Å². The number of imidazole rings is 1. The van der Waals surface area contributed by atoms with E-state index >= 15 is 0 Å². The Morgan fingerprint density at radius 3 is 2.81 bits per heavy atom. The van der Waals surface area contributed by atoms with Gasteiger partial charge in [-0.25, -0.2) is 15.0 Å². The van der Waals surface area contributed by atoms with Gasteiger partial charge in [0.25, 0.3) is 0 Å². The van der Waals surface area contributed by atoms with Crippen LogP contribution in [0.4, 0.5) is 5.82 Å². The molecule has 2 heterocycles. The van der Waals surface area contributed by atoms with Crippen LogP contribution in [-0.4, -0.2) is 32.1 Å². The number of aromatic nitrogens is 4. The van der Waals surface area contributed by atoms with Crippen LogP contribution >= 0.6 is 0 Å². The molecule has 0 atom stereocenters. The van der Waals surface area contributed by atoms with Crippen molar-refractivity contribution in [2.45, 2.75) is 38.8 Å². The molecule has 2 aromatic heterocycles. The van der Waals surface area contributed by atoms with Crippen molar-refractivity contribution in [3.63, 3.8) is 0 Å². The second kappa shape index (κ2) is 5.81. The minimum absolute atomic E-state index is 0.571. The number of anilines is 1. The second-order valence-electron chi connectivity index (χ2n) is 5.62. The van der Waals surface area contributed by atoms with Crippen molar-refractivity contribution in [1.29, 1.82) is 0 Å². The molecular weight excluding hydrogens is 264 g/mol. The third-order valence-corrected chi connectivity index (χ3v) is 3.79. The molecule has 1 fully saturated rings. The fraction of sp³-hybridized carbons (Fsp3) is 0.533. The van der Waals surface area contributed by atoms with Crippen LogP contribution in [-0.2, 0) is 20.0 Å². The molecular formula is C15H22N6. The van der Waals surface area contributed by atoms with Crippen molar-refractivity contribution in [3.8, 4) is 0 Å². The van der Waals surface area contributed by atoms with Crippen molar-refractivity contribution in [2.24, 2.45) is 12.8 Å². The molecule has 1 aliphatic rings. The Hall–Kier alpha value is -1.95. The van der Waals surface area contributed by atoms with Crippen molar-refractivity contribution < 1.29 is 0 Å². The molecule has 112 valence electrons. The summed E-state index contributed by atoms with van der Waals surface area (Å²) >= 11 is 0. The van der Waals surface area contributed by atoms with Crippen LogP contribution in [0.1, 0.15) is 30.2 Å². The summed E-state index contributed by atoms with van der Waals surface area (Å²) in [6.45, 7) is 3.33. The van der Waals surface area contributed by atoms with Crippen LogP contribution in [0.3, 0.4) is 0 Å². The quantitative estimate of drug-likeness (QED) is 0.863. The van der Waals surface area contributed by atoms with Gasteiger partial charge in [0.15, 0.2) is 0 Å². The number of nitrogens with zero attached hydrogens (tertiary/aromatic N) is 5. The molecule has 0 aromatic carbocycles. The van der Waals surface area contributed by atoms with Gasteiger partial charge >= 0.3 is 0 Å². The van der Waals surface area contributed by atoms with E-state index in [1.165, 1.54) is 12.8 Å². The lowest BCUT2D eigenvalue weighted by molar-refractivity contribution is 0.698. The smallest absolute Gasteiger partial charge is 0.133 e. The summed E-state index contributed by atoms with van der Waals surface area (Å²) in [6.07, 6.45) is 7.05. The van der Waals surface area contributed by atoms with Gasteiger partial charge in [-0.3, -0.25) is 0 Å². The Kier molecular flexibility index (Phi) is 3.88. The minimum Gasteiger partial charge on any atom is -0.346 e. The Balaban J connectivity index is 1.88. The molecule has 1 aliphatic carbocycles. The lowest BCUT2D eigenvalue weighted by atomic mass is 10.2. The lowest BCUT2D eigenvalue weighted by Gasteiger charge is -2.24. The van der Waals surface area contributed by atoms with Crippen LogP contribution in [0.15, 0.2) is 18.5 Å². The monoisotopic (exact) mass is 286 g/mol. The zero-order valence-electron chi connectivity index (χ0n) is 12.7. The van der Waals surface area contributed by atoms with Gasteiger partial charge < -0.3 is 15.2 Å². The molecule has 0 radical (unpaired) electrons. The number of rotatable bonds is 6. The number of hydrogen-bond donors (Lipinski definition) is 1. The van der Waals surface area contributed by atoms with Crippen molar-refractivity contribution >= 4 is 5.82 Å². The van der Waals surface area contributed by atoms with E-state index in [4.69, 9.17) is 5.73 Å². The largest absolute Gasteiger partial charge is 0.346 e. The van der Waals surface area contributed by atoms with Gasteiger partial charge in [0.2, 0.25) is 0 Å². The predicted molar refractivity (Wildman–Crippen MR) is 81.9 cm³/mol. The maximum atomic E-state index is 5.65. The van der Waals surface area contributed by atoms with E-state index in [1.807, 2.05) is 26.4 Å². The van der Waals surface area contributed by atoms with Gasteiger partial charge in [0.1, 0.15) is 17.5 Å². The highest BCUT2D eigenvalue weighted by atomic mass is 15.3. The normalized spacial score (nSPS) is 14.4. The van der Waals surface area contributed by atoms with Crippen molar-refractivity contribution in [1.82, 2.24) is 19.5 Å². The summed E-state index contributed by atoms with van der Waals surface area (Å²) < 4.78 is 2.06. The highest BCUT2D eigenvalue weighted by Crippen LogP contribution is 2.32. The number of hydrogen-bond acceptors (Lipinski definition) is 5. The summed E-state index contributed by atoms with van der Waals surface area (Å²) in [5, 5.41) is 0. The zero-order chi connectivity index (χ0) is 14.8. The van der Waals surface area contributed by atoms with Crippen LogP contribution < -0.4 is 10.6 Å². The van der Waals surface area contributed by atoms with E-state index in [-0.39, 0.29) is 0 Å². The molecule has 0 aliphatic heterocycles. The molecule has 0 saturated heterocycles.